The van der Waals surface area contributed by atoms with Crippen LogP contribution < -0.4 is 0 Å². The quantitative estimate of drug-likeness (QED) is 0.756. The van der Waals surface area contributed by atoms with E-state index in [4.69, 9.17) is 11.6 Å². The van der Waals surface area contributed by atoms with Crippen LogP contribution >= 0.6 is 27.5 Å². The first kappa shape index (κ1) is 16.3. The van der Waals surface area contributed by atoms with Gasteiger partial charge in [0.2, 0.25) is 0 Å². The highest BCUT2D eigenvalue weighted by Crippen LogP contribution is 2.36. The molecule has 1 aliphatic rings. The van der Waals surface area contributed by atoms with Gasteiger partial charge in [-0.1, -0.05) is 47.4 Å². The lowest BCUT2D eigenvalue weighted by atomic mass is 9.74. The molecule has 1 aromatic carbocycles. The molecule has 1 aromatic rings. The van der Waals surface area contributed by atoms with Gasteiger partial charge in [0.1, 0.15) is 0 Å². The van der Waals surface area contributed by atoms with Crippen LogP contribution in [0.25, 0.3) is 0 Å². The van der Waals surface area contributed by atoms with Crippen molar-refractivity contribution in [3.63, 3.8) is 0 Å². The van der Waals surface area contributed by atoms with Crippen LogP contribution in [0, 0.1) is 17.8 Å². The molecule has 0 saturated heterocycles. The summed E-state index contributed by atoms with van der Waals surface area (Å²) in [5.74, 6) is 2.05. The third kappa shape index (κ3) is 4.22. The Morgan fingerprint density at radius 3 is 2.35 bits per heavy atom. The summed E-state index contributed by atoms with van der Waals surface area (Å²) >= 11 is 9.65. The fraction of sp³-hybridized carbons (Fsp3) is 0.647. The lowest BCUT2D eigenvalue weighted by Gasteiger charge is -2.33. The molecule has 1 aliphatic carbocycles. The van der Waals surface area contributed by atoms with Crippen molar-refractivity contribution >= 4 is 27.5 Å². The van der Waals surface area contributed by atoms with Crippen molar-refractivity contribution in [3.05, 3.63) is 33.3 Å². The van der Waals surface area contributed by atoms with E-state index in [1.807, 2.05) is 18.2 Å². The molecule has 0 aromatic heterocycles. The van der Waals surface area contributed by atoms with Gasteiger partial charge in [-0.3, -0.25) is 0 Å². The van der Waals surface area contributed by atoms with E-state index in [9.17, 15) is 5.11 Å². The number of hydrogen-bond donors (Lipinski definition) is 1. The van der Waals surface area contributed by atoms with Gasteiger partial charge in [-0.25, -0.2) is 0 Å². The van der Waals surface area contributed by atoms with Crippen molar-refractivity contribution in [1.29, 1.82) is 0 Å². The standard InChI is InChI=1S/C17H24BrClO/c1-11(2)12-3-5-13(6-4-12)17(20)9-14-7-8-15(18)10-16(14)19/h7-8,10-13,17,20H,3-6,9H2,1-2H3. The molecule has 0 aliphatic heterocycles. The molecule has 3 heteroatoms. The molecule has 1 unspecified atom stereocenters. The van der Waals surface area contributed by atoms with Crippen LogP contribution in [0.4, 0.5) is 0 Å². The molecule has 0 heterocycles. The minimum atomic E-state index is -0.262. The average Bonchev–Trinajstić information content (AvgIpc) is 2.42. The molecule has 0 amide bonds. The summed E-state index contributed by atoms with van der Waals surface area (Å²) in [6.07, 6.45) is 5.22. The van der Waals surface area contributed by atoms with Gasteiger partial charge in [0.05, 0.1) is 6.10 Å². The zero-order chi connectivity index (χ0) is 14.7. The summed E-state index contributed by atoms with van der Waals surface area (Å²) in [6.45, 7) is 4.62. The first-order valence-electron chi connectivity index (χ1n) is 7.59. The van der Waals surface area contributed by atoms with Crippen molar-refractivity contribution < 1.29 is 5.11 Å². The number of aliphatic hydroxyl groups is 1. The summed E-state index contributed by atoms with van der Waals surface area (Å²) in [5.41, 5.74) is 1.05. The molecular weight excluding hydrogens is 336 g/mol. The first-order chi connectivity index (χ1) is 9.47. The number of hydrogen-bond acceptors (Lipinski definition) is 1. The van der Waals surface area contributed by atoms with Crippen molar-refractivity contribution in [2.24, 2.45) is 17.8 Å². The molecule has 1 atom stereocenters. The van der Waals surface area contributed by atoms with E-state index in [2.05, 4.69) is 29.8 Å². The fourth-order valence-electron chi connectivity index (χ4n) is 3.28. The maximum Gasteiger partial charge on any atom is 0.0609 e. The van der Waals surface area contributed by atoms with Crippen LogP contribution in [-0.4, -0.2) is 11.2 Å². The molecule has 1 saturated carbocycles. The van der Waals surface area contributed by atoms with E-state index in [0.717, 1.165) is 39.7 Å². The fourth-order valence-corrected chi connectivity index (χ4v) is 4.03. The lowest BCUT2D eigenvalue weighted by molar-refractivity contribution is 0.0675. The molecule has 0 spiro atoms. The van der Waals surface area contributed by atoms with E-state index >= 15 is 0 Å². The summed E-state index contributed by atoms with van der Waals surface area (Å²) in [4.78, 5) is 0. The largest absolute Gasteiger partial charge is 0.392 e. The Kier molecular flexibility index (Phi) is 5.95. The highest BCUT2D eigenvalue weighted by molar-refractivity contribution is 9.10. The summed E-state index contributed by atoms with van der Waals surface area (Å²) in [6, 6.07) is 5.90. The van der Waals surface area contributed by atoms with Crippen molar-refractivity contribution in [2.45, 2.75) is 52.1 Å². The second kappa shape index (κ2) is 7.29. The highest BCUT2D eigenvalue weighted by Gasteiger charge is 2.28. The zero-order valence-electron chi connectivity index (χ0n) is 12.3. The predicted octanol–water partition coefficient (Wildman–Crippen LogP) is 5.47. The number of benzene rings is 1. The van der Waals surface area contributed by atoms with Crippen LogP contribution in [-0.2, 0) is 6.42 Å². The summed E-state index contributed by atoms with van der Waals surface area (Å²) in [5, 5.41) is 11.2. The van der Waals surface area contributed by atoms with Crippen molar-refractivity contribution in [2.75, 3.05) is 0 Å². The van der Waals surface area contributed by atoms with Crippen LogP contribution in [0.15, 0.2) is 22.7 Å². The smallest absolute Gasteiger partial charge is 0.0609 e. The molecular formula is C17H24BrClO. The minimum absolute atomic E-state index is 0.262. The Morgan fingerprint density at radius 2 is 1.80 bits per heavy atom. The number of rotatable bonds is 4. The van der Waals surface area contributed by atoms with Gasteiger partial charge in [-0.05, 0) is 61.1 Å². The molecule has 20 heavy (non-hydrogen) atoms. The van der Waals surface area contributed by atoms with E-state index in [1.165, 1.54) is 12.8 Å². The highest BCUT2D eigenvalue weighted by atomic mass is 79.9. The Bertz CT molecular complexity index is 439. The van der Waals surface area contributed by atoms with Crippen LogP contribution in [0.2, 0.25) is 5.02 Å². The minimum Gasteiger partial charge on any atom is -0.392 e. The third-order valence-electron chi connectivity index (χ3n) is 4.75. The van der Waals surface area contributed by atoms with Crippen LogP contribution in [0.5, 0.6) is 0 Å². The monoisotopic (exact) mass is 358 g/mol. The molecule has 1 nitrogen and oxygen atoms in total. The zero-order valence-corrected chi connectivity index (χ0v) is 14.6. The van der Waals surface area contributed by atoms with Gasteiger partial charge in [0, 0.05) is 15.9 Å². The third-order valence-corrected chi connectivity index (χ3v) is 5.59. The van der Waals surface area contributed by atoms with Gasteiger partial charge < -0.3 is 5.11 Å². The average molecular weight is 360 g/mol. The maximum absolute atomic E-state index is 10.5. The van der Waals surface area contributed by atoms with Crippen LogP contribution in [0.3, 0.4) is 0 Å². The Balaban J connectivity index is 1.91. The molecule has 2 rings (SSSR count). The Hall–Kier alpha value is -0.0500. The Labute approximate surface area is 135 Å². The second-order valence-electron chi connectivity index (χ2n) is 6.43. The van der Waals surface area contributed by atoms with Gasteiger partial charge in [0.15, 0.2) is 0 Å². The SMILES string of the molecule is CC(C)C1CCC(C(O)Cc2ccc(Br)cc2Cl)CC1. The molecule has 1 N–H and O–H groups in total. The second-order valence-corrected chi connectivity index (χ2v) is 7.75. The molecule has 1 fully saturated rings. The van der Waals surface area contributed by atoms with E-state index in [0.29, 0.717) is 12.3 Å². The predicted molar refractivity (Wildman–Crippen MR) is 89.1 cm³/mol. The van der Waals surface area contributed by atoms with Gasteiger partial charge in [-0.15, -0.1) is 0 Å². The first-order valence-corrected chi connectivity index (χ1v) is 8.76. The molecule has 112 valence electrons. The molecule has 0 bridgehead atoms. The number of aliphatic hydroxyl groups excluding tert-OH is 1. The number of halogens is 2. The summed E-state index contributed by atoms with van der Waals surface area (Å²) < 4.78 is 0.984. The van der Waals surface area contributed by atoms with Crippen LogP contribution in [0.1, 0.15) is 45.1 Å². The van der Waals surface area contributed by atoms with E-state index < -0.39 is 0 Å². The molecule has 0 radical (unpaired) electrons. The Morgan fingerprint density at radius 1 is 1.20 bits per heavy atom. The topological polar surface area (TPSA) is 20.2 Å². The van der Waals surface area contributed by atoms with E-state index in [-0.39, 0.29) is 6.10 Å². The normalized spacial score (nSPS) is 24.9. The van der Waals surface area contributed by atoms with Gasteiger partial charge in [-0.2, -0.15) is 0 Å². The van der Waals surface area contributed by atoms with E-state index in [1.54, 1.807) is 0 Å². The summed E-state index contributed by atoms with van der Waals surface area (Å²) in [7, 11) is 0. The van der Waals surface area contributed by atoms with Crippen molar-refractivity contribution in [3.8, 4) is 0 Å². The van der Waals surface area contributed by atoms with Crippen molar-refractivity contribution in [1.82, 2.24) is 0 Å². The van der Waals surface area contributed by atoms with Gasteiger partial charge >= 0.3 is 0 Å². The lowest BCUT2D eigenvalue weighted by Crippen LogP contribution is -2.28. The van der Waals surface area contributed by atoms with Gasteiger partial charge in [0.25, 0.3) is 0 Å². The maximum atomic E-state index is 10.5.